The third kappa shape index (κ3) is 4.71. The molecule has 1 aromatic heterocycles. The van der Waals surface area contributed by atoms with Crippen LogP contribution in [0.25, 0.3) is 0 Å². The second-order valence-electron chi connectivity index (χ2n) is 5.26. The topological polar surface area (TPSA) is 29.3 Å². The van der Waals surface area contributed by atoms with Gasteiger partial charge >= 0.3 is 0 Å². The number of rotatable bonds is 6. The first-order chi connectivity index (χ1) is 9.99. The van der Waals surface area contributed by atoms with E-state index in [-0.39, 0.29) is 6.04 Å². The Morgan fingerprint density at radius 3 is 2.76 bits per heavy atom. The largest absolute Gasteiger partial charge is 0.370 e. The second-order valence-corrected chi connectivity index (χ2v) is 7.99. The molecule has 114 valence electrons. The van der Waals surface area contributed by atoms with Crippen LogP contribution in [-0.2, 0) is 13.0 Å². The fourth-order valence-electron chi connectivity index (χ4n) is 2.30. The molecule has 0 fully saturated rings. The van der Waals surface area contributed by atoms with Gasteiger partial charge in [-0.3, -0.25) is 0 Å². The lowest BCUT2D eigenvalue weighted by molar-refractivity contribution is 0.645. The summed E-state index contributed by atoms with van der Waals surface area (Å²) in [6.45, 7) is 2.99. The van der Waals surface area contributed by atoms with Gasteiger partial charge in [0.2, 0.25) is 0 Å². The van der Waals surface area contributed by atoms with Crippen molar-refractivity contribution in [3.8, 4) is 0 Å². The van der Waals surface area contributed by atoms with Crippen molar-refractivity contribution in [1.82, 2.24) is 0 Å². The predicted molar refractivity (Wildman–Crippen MR) is 97.5 cm³/mol. The molecule has 1 unspecified atom stereocenters. The Balaban J connectivity index is 2.20. The fourth-order valence-corrected chi connectivity index (χ4v) is 3.70. The van der Waals surface area contributed by atoms with Crippen LogP contribution in [0.15, 0.2) is 33.4 Å². The first kappa shape index (κ1) is 16.8. The molecule has 2 N–H and O–H groups in total. The Hall–Kier alpha value is -0.550. The van der Waals surface area contributed by atoms with E-state index in [4.69, 9.17) is 17.3 Å². The summed E-state index contributed by atoms with van der Waals surface area (Å²) in [7, 11) is 2.11. The minimum absolute atomic E-state index is 0.172. The van der Waals surface area contributed by atoms with E-state index in [0.717, 1.165) is 28.2 Å². The van der Waals surface area contributed by atoms with Crippen molar-refractivity contribution in [2.24, 2.45) is 5.73 Å². The maximum Gasteiger partial charge on any atom is 0.0701 e. The van der Waals surface area contributed by atoms with Crippen LogP contribution < -0.4 is 10.6 Å². The Morgan fingerprint density at radius 1 is 1.38 bits per heavy atom. The Bertz CT molecular complexity index is 600. The van der Waals surface area contributed by atoms with Crippen molar-refractivity contribution in [1.29, 1.82) is 0 Å². The lowest BCUT2D eigenvalue weighted by Gasteiger charge is -2.23. The summed E-state index contributed by atoms with van der Waals surface area (Å²) in [5, 5.41) is 2.94. The van der Waals surface area contributed by atoms with E-state index in [0.29, 0.717) is 0 Å². The molecule has 1 atom stereocenters. The normalized spacial score (nSPS) is 12.4. The van der Waals surface area contributed by atoms with Gasteiger partial charge in [-0.15, -0.1) is 11.3 Å². The van der Waals surface area contributed by atoms with Crippen LogP contribution >= 0.6 is 38.9 Å². The zero-order valence-corrected chi connectivity index (χ0v) is 15.4. The summed E-state index contributed by atoms with van der Waals surface area (Å²) in [6, 6.07) is 8.39. The Labute approximate surface area is 144 Å². The van der Waals surface area contributed by atoms with Crippen molar-refractivity contribution in [2.45, 2.75) is 32.4 Å². The molecular formula is C16H20BrClN2S. The molecule has 21 heavy (non-hydrogen) atoms. The number of anilines is 1. The summed E-state index contributed by atoms with van der Waals surface area (Å²) in [5.41, 5.74) is 9.83. The highest BCUT2D eigenvalue weighted by atomic mass is 79.9. The minimum Gasteiger partial charge on any atom is -0.370 e. The van der Waals surface area contributed by atoms with Gasteiger partial charge in [-0.25, -0.2) is 0 Å². The van der Waals surface area contributed by atoms with Crippen LogP contribution in [-0.4, -0.2) is 13.1 Å². The Kier molecular flexibility index (Phi) is 6.11. The third-order valence-corrected chi connectivity index (χ3v) is 5.29. The van der Waals surface area contributed by atoms with Gasteiger partial charge in [-0.1, -0.05) is 18.5 Å². The van der Waals surface area contributed by atoms with Gasteiger partial charge in [-0.2, -0.15) is 0 Å². The molecule has 1 aromatic carbocycles. The molecule has 2 nitrogen and oxygen atoms in total. The van der Waals surface area contributed by atoms with E-state index < -0.39 is 0 Å². The van der Waals surface area contributed by atoms with Gasteiger partial charge in [0.15, 0.2) is 0 Å². The Morgan fingerprint density at radius 2 is 2.14 bits per heavy atom. The molecule has 0 aliphatic carbocycles. The van der Waals surface area contributed by atoms with E-state index in [1.165, 1.54) is 16.8 Å². The molecular weight excluding hydrogens is 368 g/mol. The van der Waals surface area contributed by atoms with Crippen LogP contribution in [0.5, 0.6) is 0 Å². The molecule has 1 heterocycles. The number of thiophene rings is 1. The van der Waals surface area contributed by atoms with E-state index in [1.54, 1.807) is 11.3 Å². The molecule has 0 saturated heterocycles. The summed E-state index contributed by atoms with van der Waals surface area (Å²) in [6.07, 6.45) is 1.82. The van der Waals surface area contributed by atoms with Crippen molar-refractivity contribution in [3.63, 3.8) is 0 Å². The van der Waals surface area contributed by atoms with E-state index in [2.05, 4.69) is 52.3 Å². The summed E-state index contributed by atoms with van der Waals surface area (Å²) < 4.78 is 1.16. The van der Waals surface area contributed by atoms with Crippen LogP contribution in [0.4, 0.5) is 5.69 Å². The van der Waals surface area contributed by atoms with Gasteiger partial charge in [-0.05, 0) is 69.5 Å². The molecule has 2 aromatic rings. The summed E-state index contributed by atoms with van der Waals surface area (Å²) >= 11 is 11.4. The standard InChI is InChI=1S/C16H20BrClN2S/c1-3-14(19)8-12-7-13(18)4-5-15(12)20(2)9-11-6-16(17)21-10-11/h4-7,10,14H,3,8-9,19H2,1-2H3. The van der Waals surface area contributed by atoms with Crippen molar-refractivity contribution in [2.75, 3.05) is 11.9 Å². The number of halogens is 2. The highest BCUT2D eigenvalue weighted by molar-refractivity contribution is 9.11. The van der Waals surface area contributed by atoms with Gasteiger partial charge in [0.05, 0.1) is 3.79 Å². The first-order valence-corrected chi connectivity index (χ1v) is 9.02. The lowest BCUT2D eigenvalue weighted by Crippen LogP contribution is -2.24. The summed E-state index contributed by atoms with van der Waals surface area (Å²) in [4.78, 5) is 2.25. The number of nitrogens with two attached hydrogens (primary N) is 1. The highest BCUT2D eigenvalue weighted by Gasteiger charge is 2.12. The molecule has 2 rings (SSSR count). The number of nitrogens with zero attached hydrogens (tertiary/aromatic N) is 1. The zero-order chi connectivity index (χ0) is 15.4. The molecule has 0 radical (unpaired) electrons. The zero-order valence-electron chi connectivity index (χ0n) is 12.3. The highest BCUT2D eigenvalue weighted by Crippen LogP contribution is 2.28. The summed E-state index contributed by atoms with van der Waals surface area (Å²) in [5.74, 6) is 0. The van der Waals surface area contributed by atoms with E-state index >= 15 is 0 Å². The molecule has 0 bridgehead atoms. The number of benzene rings is 1. The average molecular weight is 388 g/mol. The van der Waals surface area contributed by atoms with Gasteiger partial charge in [0, 0.05) is 30.3 Å². The maximum atomic E-state index is 6.15. The smallest absolute Gasteiger partial charge is 0.0701 e. The van der Waals surface area contributed by atoms with Gasteiger partial charge in [0.25, 0.3) is 0 Å². The van der Waals surface area contributed by atoms with Crippen molar-refractivity contribution in [3.05, 3.63) is 49.6 Å². The molecule has 0 saturated carbocycles. The maximum absolute atomic E-state index is 6.15. The van der Waals surface area contributed by atoms with Crippen molar-refractivity contribution < 1.29 is 0 Å². The van der Waals surface area contributed by atoms with Crippen LogP contribution in [0.2, 0.25) is 5.02 Å². The van der Waals surface area contributed by atoms with Crippen LogP contribution in [0, 0.1) is 0 Å². The number of hydrogen-bond donors (Lipinski definition) is 1. The minimum atomic E-state index is 0.172. The van der Waals surface area contributed by atoms with Crippen LogP contribution in [0.1, 0.15) is 24.5 Å². The molecule has 0 aliphatic heterocycles. The van der Waals surface area contributed by atoms with Crippen molar-refractivity contribution >= 4 is 44.6 Å². The predicted octanol–water partition coefficient (Wildman–Crippen LogP) is 5.08. The second kappa shape index (κ2) is 7.63. The molecule has 0 aliphatic rings. The lowest BCUT2D eigenvalue weighted by atomic mass is 10.0. The molecule has 0 spiro atoms. The fraction of sp³-hybridized carbons (Fsp3) is 0.375. The SMILES string of the molecule is CCC(N)Cc1cc(Cl)ccc1N(C)Cc1csc(Br)c1. The van der Waals surface area contributed by atoms with E-state index in [1.807, 2.05) is 12.1 Å². The molecule has 0 amide bonds. The monoisotopic (exact) mass is 386 g/mol. The van der Waals surface area contributed by atoms with Gasteiger partial charge < -0.3 is 10.6 Å². The number of hydrogen-bond acceptors (Lipinski definition) is 3. The third-order valence-electron chi connectivity index (χ3n) is 3.50. The quantitative estimate of drug-likeness (QED) is 0.749. The first-order valence-electron chi connectivity index (χ1n) is 6.97. The average Bonchev–Trinajstić information content (AvgIpc) is 2.84. The molecule has 5 heteroatoms. The van der Waals surface area contributed by atoms with Crippen LogP contribution in [0.3, 0.4) is 0 Å². The van der Waals surface area contributed by atoms with E-state index in [9.17, 15) is 0 Å². The van der Waals surface area contributed by atoms with Gasteiger partial charge in [0.1, 0.15) is 0 Å².